The highest BCUT2D eigenvalue weighted by Crippen LogP contribution is 2.34. The summed E-state index contributed by atoms with van der Waals surface area (Å²) in [5.74, 6) is 0. The van der Waals surface area contributed by atoms with Crippen LogP contribution in [0.3, 0.4) is 0 Å². The van der Waals surface area contributed by atoms with E-state index < -0.39 is 25.7 Å². The van der Waals surface area contributed by atoms with Gasteiger partial charge >= 0.3 is 25.7 Å². The number of rotatable bonds is 12. The Labute approximate surface area is 168 Å². The number of hydrogen-bond acceptors (Lipinski definition) is 6. The first-order valence-corrected chi connectivity index (χ1v) is 18.6. The van der Waals surface area contributed by atoms with Gasteiger partial charge in [0, 0.05) is 24.0 Å². The smallest absolute Gasteiger partial charge is 0.322 e. The third kappa shape index (κ3) is 6.72. The average molecular weight is 437 g/mol. The minimum Gasteiger partial charge on any atom is -0.415 e. The Morgan fingerprint density at radius 3 is 1.19 bits per heavy atom. The molecule has 2 saturated heterocycles. The van der Waals surface area contributed by atoms with Crippen LogP contribution in [-0.2, 0) is 26.6 Å². The van der Waals surface area contributed by atoms with Crippen LogP contribution in [0.4, 0.5) is 0 Å². The summed E-state index contributed by atoms with van der Waals surface area (Å²) in [6, 6.07) is 0. The van der Waals surface area contributed by atoms with Crippen molar-refractivity contribution in [3.63, 3.8) is 0 Å². The second kappa shape index (κ2) is 8.65. The van der Waals surface area contributed by atoms with Crippen molar-refractivity contribution in [1.29, 1.82) is 0 Å². The molecule has 2 rings (SSSR count). The molecule has 6 nitrogen and oxygen atoms in total. The van der Waals surface area contributed by atoms with Gasteiger partial charge in [-0.05, 0) is 52.1 Å². The lowest BCUT2D eigenvalue weighted by Crippen LogP contribution is -2.57. The van der Waals surface area contributed by atoms with Crippen LogP contribution in [0.1, 0.15) is 26.7 Å². The molecule has 0 atom stereocenters. The Morgan fingerprint density at radius 2 is 0.963 bits per heavy atom. The van der Waals surface area contributed by atoms with E-state index in [1.807, 2.05) is 0 Å². The zero-order chi connectivity index (χ0) is 20.4. The maximum atomic E-state index is 6.49. The molecule has 2 fully saturated rings. The molecule has 0 aliphatic carbocycles. The highest BCUT2D eigenvalue weighted by Gasteiger charge is 2.46. The van der Waals surface area contributed by atoms with E-state index in [-0.39, 0.29) is 10.8 Å². The highest BCUT2D eigenvalue weighted by molar-refractivity contribution is 6.84. The average Bonchev–Trinajstić information content (AvgIpc) is 2.43. The van der Waals surface area contributed by atoms with Crippen molar-refractivity contribution < 1.29 is 26.6 Å². The van der Waals surface area contributed by atoms with Crippen molar-refractivity contribution in [2.24, 2.45) is 10.8 Å². The first-order valence-electron chi connectivity index (χ1n) is 10.2. The fraction of sp³-hybridized carbons (Fsp3) is 1.00. The van der Waals surface area contributed by atoms with Gasteiger partial charge in [0.2, 0.25) is 0 Å². The first kappa shape index (κ1) is 23.7. The molecule has 9 heteroatoms. The Morgan fingerprint density at radius 1 is 0.630 bits per heavy atom. The molecule has 0 bridgehead atoms. The van der Waals surface area contributed by atoms with Crippen LogP contribution >= 0.6 is 0 Å². The van der Waals surface area contributed by atoms with Gasteiger partial charge < -0.3 is 26.6 Å². The summed E-state index contributed by atoms with van der Waals surface area (Å²) < 4.78 is 36.3. The van der Waals surface area contributed by atoms with E-state index in [1.54, 1.807) is 0 Å². The number of hydrogen-bond donors (Lipinski definition) is 0. The zero-order valence-corrected chi connectivity index (χ0v) is 21.6. The minimum absolute atomic E-state index is 0.177. The molecule has 0 saturated carbocycles. The predicted molar refractivity (Wildman–Crippen MR) is 114 cm³/mol. The van der Waals surface area contributed by atoms with Gasteiger partial charge in [-0.15, -0.1) is 0 Å². The van der Waals surface area contributed by atoms with Crippen molar-refractivity contribution in [1.82, 2.24) is 0 Å². The molecular weight excluding hydrogens is 396 g/mol. The fourth-order valence-electron chi connectivity index (χ4n) is 3.48. The molecule has 2 aliphatic heterocycles. The first-order chi connectivity index (χ1) is 12.4. The number of ether oxygens (including phenoxy) is 2. The van der Waals surface area contributed by atoms with Crippen molar-refractivity contribution in [2.45, 2.75) is 66.0 Å². The molecule has 0 spiro atoms. The van der Waals surface area contributed by atoms with E-state index in [0.29, 0.717) is 13.2 Å². The third-order valence-corrected chi connectivity index (χ3v) is 15.1. The summed E-state index contributed by atoms with van der Waals surface area (Å²) in [4.78, 5) is 0. The predicted octanol–water partition coefficient (Wildman–Crippen LogP) is 4.01. The van der Waals surface area contributed by atoms with Gasteiger partial charge in [0.15, 0.2) is 0 Å². The van der Waals surface area contributed by atoms with Gasteiger partial charge in [-0.1, -0.05) is 13.8 Å². The lowest BCUT2D eigenvalue weighted by atomic mass is 9.84. The van der Waals surface area contributed by atoms with Gasteiger partial charge in [0.1, 0.15) is 0 Å². The van der Waals surface area contributed by atoms with Gasteiger partial charge in [-0.2, -0.15) is 0 Å². The zero-order valence-electron chi connectivity index (χ0n) is 18.6. The normalized spacial score (nSPS) is 22.2. The second-order valence-corrected chi connectivity index (χ2v) is 20.3. The van der Waals surface area contributed by atoms with E-state index in [2.05, 4.69) is 53.1 Å². The minimum atomic E-state index is -2.36. The lowest BCUT2D eigenvalue weighted by molar-refractivity contribution is -0.137. The van der Waals surface area contributed by atoms with Crippen molar-refractivity contribution in [2.75, 3.05) is 39.6 Å². The highest BCUT2D eigenvalue weighted by atomic mass is 28.5. The van der Waals surface area contributed by atoms with E-state index >= 15 is 0 Å². The lowest BCUT2D eigenvalue weighted by Gasteiger charge is -2.44. The maximum absolute atomic E-state index is 6.49. The summed E-state index contributed by atoms with van der Waals surface area (Å²) in [6.07, 6.45) is 2.15. The third-order valence-electron chi connectivity index (χ3n) is 5.57. The molecule has 0 aromatic carbocycles. The molecule has 0 unspecified atom stereocenters. The van der Waals surface area contributed by atoms with Crippen molar-refractivity contribution >= 4 is 25.7 Å². The topological polar surface area (TPSA) is 55.4 Å². The van der Waals surface area contributed by atoms with E-state index in [1.165, 1.54) is 0 Å². The largest absolute Gasteiger partial charge is 0.415 e. The summed E-state index contributed by atoms with van der Waals surface area (Å²) >= 11 is 0. The van der Waals surface area contributed by atoms with Crippen LogP contribution in [0.25, 0.3) is 0 Å². The van der Waals surface area contributed by atoms with Crippen LogP contribution in [0.5, 0.6) is 0 Å². The molecule has 0 aromatic heterocycles. The quantitative estimate of drug-likeness (QED) is 0.431. The van der Waals surface area contributed by atoms with E-state index in [9.17, 15) is 0 Å². The monoisotopic (exact) mass is 436 g/mol. The molecule has 160 valence electrons. The Balaban J connectivity index is 1.84. The van der Waals surface area contributed by atoms with E-state index in [0.717, 1.165) is 39.3 Å². The maximum Gasteiger partial charge on any atom is 0.322 e. The summed E-state index contributed by atoms with van der Waals surface area (Å²) in [5, 5.41) is 0. The summed E-state index contributed by atoms with van der Waals surface area (Å²) in [7, 11) is -6.92. The van der Waals surface area contributed by atoms with Crippen molar-refractivity contribution in [3.05, 3.63) is 0 Å². The van der Waals surface area contributed by atoms with Crippen molar-refractivity contribution in [3.8, 4) is 0 Å². The molecule has 2 heterocycles. The Bertz CT molecular complexity index is 436. The molecule has 0 radical (unpaired) electrons. The van der Waals surface area contributed by atoms with Crippen LogP contribution < -0.4 is 0 Å². The molecule has 0 N–H and O–H groups in total. The molecule has 27 heavy (non-hydrogen) atoms. The van der Waals surface area contributed by atoms with Gasteiger partial charge in [0.05, 0.1) is 26.4 Å². The van der Waals surface area contributed by atoms with Crippen LogP contribution in [0, 0.1) is 10.8 Å². The van der Waals surface area contributed by atoms with Gasteiger partial charge in [-0.25, -0.2) is 0 Å². The van der Waals surface area contributed by atoms with Crippen LogP contribution in [0.15, 0.2) is 0 Å². The molecule has 0 amide bonds. The molecular formula is C18H40O6Si3. The van der Waals surface area contributed by atoms with Crippen LogP contribution in [0.2, 0.25) is 39.3 Å². The summed E-state index contributed by atoms with van der Waals surface area (Å²) in [6.45, 7) is 21.7. The standard InChI is InChI=1S/C18H40O6Si3/c1-9-17(11-19-12-17)15-21-25(3,4)23-27(7,8)24-26(5,6)22-16-18(10-2)13-20-14-18/h9-16H2,1-8H3. The second-order valence-electron chi connectivity index (χ2n) is 9.67. The van der Waals surface area contributed by atoms with Gasteiger partial charge in [-0.3, -0.25) is 0 Å². The SMILES string of the molecule is CCC1(CO[Si](C)(C)O[Si](C)(C)O[Si](C)(C)OCC2(CC)COC2)COC1. The van der Waals surface area contributed by atoms with Crippen LogP contribution in [-0.4, -0.2) is 65.3 Å². The molecule has 2 aliphatic rings. The Hall–Kier alpha value is 0.411. The van der Waals surface area contributed by atoms with E-state index in [4.69, 9.17) is 26.6 Å². The summed E-state index contributed by atoms with van der Waals surface area (Å²) in [5.41, 5.74) is 0.354. The van der Waals surface area contributed by atoms with Gasteiger partial charge in [0.25, 0.3) is 0 Å². The fourth-order valence-corrected chi connectivity index (χ4v) is 15.3. The Kier molecular flexibility index (Phi) is 7.59. The molecule has 0 aromatic rings.